The van der Waals surface area contributed by atoms with E-state index in [1.54, 1.807) is 10.4 Å². The Morgan fingerprint density at radius 1 is 1.04 bits per heavy atom. The van der Waals surface area contributed by atoms with Crippen LogP contribution < -0.4 is 0 Å². The first-order chi connectivity index (χ1) is 11.6. The zero-order valence-corrected chi connectivity index (χ0v) is 14.5. The van der Waals surface area contributed by atoms with E-state index < -0.39 is 10.0 Å². The molecule has 0 bridgehead atoms. The van der Waals surface area contributed by atoms with Crippen molar-refractivity contribution in [2.45, 2.75) is 18.6 Å². The molecule has 0 atom stereocenters. The number of hydrogen-bond donors (Lipinski definition) is 0. The summed E-state index contributed by atoms with van der Waals surface area (Å²) in [6, 6.07) is 12.0. The zero-order valence-electron chi connectivity index (χ0n) is 13.7. The lowest BCUT2D eigenvalue weighted by molar-refractivity contribution is 0.186. The predicted octanol–water partition coefficient (Wildman–Crippen LogP) is 1.75. The maximum Gasteiger partial charge on any atom is 0.220 e. The van der Waals surface area contributed by atoms with Crippen molar-refractivity contribution in [3.05, 3.63) is 53.9 Å². The van der Waals surface area contributed by atoms with Gasteiger partial charge in [-0.15, -0.1) is 0 Å². The minimum Gasteiger partial charge on any atom is -0.364 e. The summed E-state index contributed by atoms with van der Waals surface area (Å²) in [4.78, 5) is 2.34. The Bertz CT molecular complexity index is 709. The molecule has 1 saturated heterocycles. The fraction of sp³-hybridized carbons (Fsp3) is 0.471. The Morgan fingerprint density at radius 2 is 1.79 bits per heavy atom. The van der Waals surface area contributed by atoms with Crippen LogP contribution in [0.3, 0.4) is 0 Å². The van der Waals surface area contributed by atoms with Gasteiger partial charge in [0.05, 0.1) is 5.69 Å². The second kappa shape index (κ2) is 7.92. The van der Waals surface area contributed by atoms with Crippen LogP contribution in [0.2, 0.25) is 0 Å². The van der Waals surface area contributed by atoms with E-state index in [9.17, 15) is 8.42 Å². The largest absolute Gasteiger partial charge is 0.364 e. The van der Waals surface area contributed by atoms with Gasteiger partial charge in [-0.2, -0.15) is 4.31 Å². The molecule has 0 N–H and O–H groups in total. The van der Waals surface area contributed by atoms with E-state index in [1.165, 1.54) is 11.8 Å². The van der Waals surface area contributed by atoms with Crippen molar-refractivity contribution in [1.82, 2.24) is 14.4 Å². The van der Waals surface area contributed by atoms with Gasteiger partial charge in [0.1, 0.15) is 12.0 Å². The number of hydrogen-bond acceptors (Lipinski definition) is 5. The third kappa shape index (κ3) is 4.66. The molecule has 0 spiro atoms. The van der Waals surface area contributed by atoms with Crippen molar-refractivity contribution < 1.29 is 12.9 Å². The van der Waals surface area contributed by atoms with Gasteiger partial charge < -0.3 is 9.42 Å². The summed E-state index contributed by atoms with van der Waals surface area (Å²) in [5.41, 5.74) is 1.81. The van der Waals surface area contributed by atoms with Crippen LogP contribution in [0, 0.1) is 0 Å². The number of piperazine rings is 1. The monoisotopic (exact) mass is 349 g/mol. The Hall–Kier alpha value is -1.70. The zero-order chi connectivity index (χ0) is 16.8. The van der Waals surface area contributed by atoms with E-state index in [2.05, 4.69) is 34.3 Å². The first kappa shape index (κ1) is 17.1. The van der Waals surface area contributed by atoms with E-state index in [0.29, 0.717) is 18.8 Å². The molecule has 1 aliphatic heterocycles. The molecule has 0 unspecified atom stereocenters. The maximum atomic E-state index is 12.4. The summed E-state index contributed by atoms with van der Waals surface area (Å²) in [7, 11) is -3.31. The smallest absolute Gasteiger partial charge is 0.220 e. The van der Waals surface area contributed by atoms with Gasteiger partial charge in [0.25, 0.3) is 0 Å². The third-order valence-corrected chi connectivity index (χ3v) is 6.14. The molecule has 130 valence electrons. The Morgan fingerprint density at radius 3 is 2.46 bits per heavy atom. The Labute approximate surface area is 143 Å². The Kier molecular flexibility index (Phi) is 5.65. The number of aromatic nitrogens is 1. The molecule has 0 radical (unpaired) electrons. The van der Waals surface area contributed by atoms with Crippen LogP contribution in [-0.2, 0) is 22.2 Å². The second-order valence-electron chi connectivity index (χ2n) is 6.08. The molecule has 6 nitrogen and oxygen atoms in total. The van der Waals surface area contributed by atoms with Crippen LogP contribution in [0.25, 0.3) is 0 Å². The summed E-state index contributed by atoms with van der Waals surface area (Å²) in [5, 5.41) is 3.69. The second-order valence-corrected chi connectivity index (χ2v) is 8.05. The standard InChI is InChI=1S/C17H23N3O3S/c21-24(22,15-17-8-14-23-18-17)20-12-10-19(11-13-20)9-4-7-16-5-2-1-3-6-16/h1-3,5-6,8,14H,4,7,9-13,15H2. The van der Waals surface area contributed by atoms with Gasteiger partial charge in [-0.05, 0) is 24.9 Å². The first-order valence-corrected chi connectivity index (χ1v) is 9.88. The number of aryl methyl sites for hydroxylation is 1. The quantitative estimate of drug-likeness (QED) is 0.762. The highest BCUT2D eigenvalue weighted by atomic mass is 32.2. The molecular formula is C17H23N3O3S. The molecule has 0 aliphatic carbocycles. The molecule has 24 heavy (non-hydrogen) atoms. The highest BCUT2D eigenvalue weighted by Gasteiger charge is 2.27. The lowest BCUT2D eigenvalue weighted by Crippen LogP contribution is -2.49. The number of sulfonamides is 1. The van der Waals surface area contributed by atoms with Gasteiger partial charge in [0.15, 0.2) is 0 Å². The van der Waals surface area contributed by atoms with Crippen molar-refractivity contribution in [2.75, 3.05) is 32.7 Å². The maximum absolute atomic E-state index is 12.4. The predicted molar refractivity (Wildman–Crippen MR) is 91.9 cm³/mol. The van der Waals surface area contributed by atoms with Crippen molar-refractivity contribution in [2.24, 2.45) is 0 Å². The van der Waals surface area contributed by atoms with Crippen molar-refractivity contribution in [1.29, 1.82) is 0 Å². The van der Waals surface area contributed by atoms with E-state index >= 15 is 0 Å². The third-order valence-electron chi connectivity index (χ3n) is 4.33. The van der Waals surface area contributed by atoms with Crippen LogP contribution in [0.15, 0.2) is 47.2 Å². The van der Waals surface area contributed by atoms with Gasteiger partial charge >= 0.3 is 0 Å². The molecule has 2 aromatic rings. The fourth-order valence-corrected chi connectivity index (χ4v) is 4.40. The summed E-state index contributed by atoms with van der Waals surface area (Å²) >= 11 is 0. The highest BCUT2D eigenvalue weighted by molar-refractivity contribution is 7.88. The normalized spacial score (nSPS) is 17.2. The number of nitrogens with zero attached hydrogens (tertiary/aromatic N) is 3. The van der Waals surface area contributed by atoms with Gasteiger partial charge in [0.2, 0.25) is 10.0 Å². The highest BCUT2D eigenvalue weighted by Crippen LogP contribution is 2.13. The average Bonchev–Trinajstić information content (AvgIpc) is 3.09. The van der Waals surface area contributed by atoms with E-state index in [4.69, 9.17) is 4.52 Å². The molecule has 0 amide bonds. The molecule has 1 aromatic carbocycles. The lowest BCUT2D eigenvalue weighted by Gasteiger charge is -2.33. The summed E-state index contributed by atoms with van der Waals surface area (Å²) in [5.74, 6) is -0.0858. The van der Waals surface area contributed by atoms with Crippen LogP contribution in [-0.4, -0.2) is 55.5 Å². The minimum atomic E-state index is -3.31. The fourth-order valence-electron chi connectivity index (χ4n) is 2.97. The lowest BCUT2D eigenvalue weighted by atomic mass is 10.1. The van der Waals surface area contributed by atoms with Gasteiger partial charge in [-0.3, -0.25) is 0 Å². The van der Waals surface area contributed by atoms with E-state index in [-0.39, 0.29) is 5.75 Å². The molecule has 7 heteroatoms. The van der Waals surface area contributed by atoms with Crippen LogP contribution in [0.5, 0.6) is 0 Å². The van der Waals surface area contributed by atoms with E-state index in [1.807, 2.05) is 6.07 Å². The molecule has 0 saturated carbocycles. The summed E-state index contributed by atoms with van der Waals surface area (Å²) in [6.07, 6.45) is 3.55. The van der Waals surface area contributed by atoms with Gasteiger partial charge in [-0.1, -0.05) is 35.5 Å². The Balaban J connectivity index is 1.42. The minimum absolute atomic E-state index is 0.0858. The summed E-state index contributed by atoms with van der Waals surface area (Å²) in [6.45, 7) is 3.67. The molecule has 2 heterocycles. The molecule has 1 aliphatic rings. The molecule has 1 aromatic heterocycles. The summed E-state index contributed by atoms with van der Waals surface area (Å²) < 4.78 is 31.0. The van der Waals surface area contributed by atoms with Crippen molar-refractivity contribution >= 4 is 10.0 Å². The molecule has 3 rings (SSSR count). The average molecular weight is 349 g/mol. The SMILES string of the molecule is O=S(=O)(Cc1ccon1)N1CCN(CCCc2ccccc2)CC1. The van der Waals surface area contributed by atoms with E-state index in [0.717, 1.165) is 32.5 Å². The molecular weight excluding hydrogens is 326 g/mol. The number of rotatable bonds is 7. The molecule has 1 fully saturated rings. The van der Waals surface area contributed by atoms with Crippen molar-refractivity contribution in [3.8, 4) is 0 Å². The van der Waals surface area contributed by atoms with Crippen LogP contribution in [0.1, 0.15) is 17.7 Å². The van der Waals surface area contributed by atoms with Crippen molar-refractivity contribution in [3.63, 3.8) is 0 Å². The van der Waals surface area contributed by atoms with Gasteiger partial charge in [-0.25, -0.2) is 8.42 Å². The topological polar surface area (TPSA) is 66.7 Å². The first-order valence-electron chi connectivity index (χ1n) is 8.27. The van der Waals surface area contributed by atoms with Gasteiger partial charge in [0, 0.05) is 32.2 Å². The number of benzene rings is 1. The van der Waals surface area contributed by atoms with Crippen LogP contribution in [0.4, 0.5) is 0 Å². The van der Waals surface area contributed by atoms with Crippen LogP contribution >= 0.6 is 0 Å².